The van der Waals surface area contributed by atoms with Crippen LogP contribution in [0.25, 0.3) is 11.1 Å². The Hall–Kier alpha value is -2.73. The summed E-state index contributed by atoms with van der Waals surface area (Å²) >= 11 is 4.96. The maximum atomic E-state index is 13.2. The number of anilines is 1. The number of nitrogens with one attached hydrogen (secondary N) is 1. The van der Waals surface area contributed by atoms with Crippen molar-refractivity contribution in [2.24, 2.45) is 5.73 Å². The Morgan fingerprint density at radius 3 is 2.85 bits per heavy atom. The molecule has 0 radical (unpaired) electrons. The third-order valence-corrected chi connectivity index (χ3v) is 4.31. The first-order chi connectivity index (χ1) is 12.6. The molecule has 0 aliphatic heterocycles. The van der Waals surface area contributed by atoms with Crippen LogP contribution in [0.2, 0.25) is 0 Å². The Morgan fingerprint density at radius 1 is 1.27 bits per heavy atom. The molecular weight excluding hydrogens is 346 g/mol. The minimum Gasteiger partial charge on any atom is -0.434 e. The number of rotatable bonds is 7. The van der Waals surface area contributed by atoms with E-state index in [4.69, 9.17) is 22.4 Å². The number of hydrogen-bond acceptors (Lipinski definition) is 4. The van der Waals surface area contributed by atoms with Crippen LogP contribution in [0.3, 0.4) is 0 Å². The number of carbonyl (C=O) groups excluding carboxylic acids is 1. The van der Waals surface area contributed by atoms with Gasteiger partial charge in [0.1, 0.15) is 0 Å². The summed E-state index contributed by atoms with van der Waals surface area (Å²) in [5.74, 6) is 0.0569. The van der Waals surface area contributed by atoms with Gasteiger partial charge in [-0.15, -0.1) is 0 Å². The van der Waals surface area contributed by atoms with Gasteiger partial charge in [0.05, 0.1) is 11.3 Å². The summed E-state index contributed by atoms with van der Waals surface area (Å²) in [6.07, 6.45) is 5.67. The number of benzene rings is 1. The fraction of sp³-hybridized carbons (Fsp3) is 0.250. The van der Waals surface area contributed by atoms with Crippen molar-refractivity contribution in [2.45, 2.75) is 32.6 Å². The number of unbranched alkanes of at least 4 members (excludes halogenated alkanes) is 2. The summed E-state index contributed by atoms with van der Waals surface area (Å²) in [5.41, 5.74) is 8.20. The molecule has 0 fully saturated rings. The predicted molar refractivity (Wildman–Crippen MR) is 108 cm³/mol. The van der Waals surface area contributed by atoms with Crippen molar-refractivity contribution in [3.63, 3.8) is 0 Å². The molecule has 0 saturated heterocycles. The molecule has 0 aliphatic carbocycles. The van der Waals surface area contributed by atoms with E-state index in [0.29, 0.717) is 17.0 Å². The number of nitrogens with two attached hydrogens (primary N) is 1. The van der Waals surface area contributed by atoms with Crippen LogP contribution in [0.4, 0.5) is 5.69 Å². The van der Waals surface area contributed by atoms with E-state index in [0.717, 1.165) is 36.6 Å². The van der Waals surface area contributed by atoms with Gasteiger partial charge in [0.15, 0.2) is 10.9 Å². The fourth-order valence-corrected chi connectivity index (χ4v) is 3.10. The molecule has 0 atom stereocenters. The van der Waals surface area contributed by atoms with E-state index < -0.39 is 0 Å². The molecule has 2 heterocycles. The number of pyridine rings is 1. The summed E-state index contributed by atoms with van der Waals surface area (Å²) in [7, 11) is 0. The van der Waals surface area contributed by atoms with Crippen molar-refractivity contribution >= 4 is 39.9 Å². The molecular formula is C20H21N3O2S. The Bertz CT molecular complexity index is 916. The molecule has 6 heteroatoms. The van der Waals surface area contributed by atoms with Gasteiger partial charge < -0.3 is 15.5 Å². The number of aromatic nitrogens is 1. The smallest absolute Gasteiger partial charge is 0.230 e. The lowest BCUT2D eigenvalue weighted by atomic mass is 9.95. The maximum Gasteiger partial charge on any atom is 0.230 e. The summed E-state index contributed by atoms with van der Waals surface area (Å²) < 4.78 is 5.67. The van der Waals surface area contributed by atoms with E-state index in [-0.39, 0.29) is 16.7 Å². The SMILES string of the molecule is CCCCCc1cccc(NC(N)=S)c1C(=O)c1cc2cccnc2o1. The Balaban J connectivity index is 2.04. The number of carbonyl (C=O) groups is 1. The van der Waals surface area contributed by atoms with Crippen molar-refractivity contribution < 1.29 is 9.21 Å². The largest absolute Gasteiger partial charge is 0.434 e. The molecule has 0 unspecified atom stereocenters. The van der Waals surface area contributed by atoms with Gasteiger partial charge in [-0.05, 0) is 54.9 Å². The molecule has 0 bridgehead atoms. The van der Waals surface area contributed by atoms with Crippen LogP contribution < -0.4 is 11.1 Å². The van der Waals surface area contributed by atoms with Crippen molar-refractivity contribution in [1.82, 2.24) is 4.98 Å². The number of hydrogen-bond donors (Lipinski definition) is 2. The zero-order valence-electron chi connectivity index (χ0n) is 14.6. The fourth-order valence-electron chi connectivity index (χ4n) is 2.99. The van der Waals surface area contributed by atoms with Crippen molar-refractivity contribution in [3.8, 4) is 0 Å². The monoisotopic (exact) mass is 367 g/mol. The second-order valence-corrected chi connectivity index (χ2v) is 6.56. The van der Waals surface area contributed by atoms with Crippen LogP contribution in [0.15, 0.2) is 47.0 Å². The van der Waals surface area contributed by atoms with Crippen molar-refractivity contribution in [2.75, 3.05) is 5.32 Å². The second-order valence-electron chi connectivity index (χ2n) is 6.12. The number of thiocarbonyl (C=S) groups is 1. The van der Waals surface area contributed by atoms with Crippen LogP contribution in [-0.4, -0.2) is 15.9 Å². The average molecular weight is 367 g/mol. The first-order valence-electron chi connectivity index (χ1n) is 8.67. The summed E-state index contributed by atoms with van der Waals surface area (Å²) in [5, 5.41) is 3.84. The van der Waals surface area contributed by atoms with Gasteiger partial charge in [-0.25, -0.2) is 4.98 Å². The number of fused-ring (bicyclic) bond motifs is 1. The molecule has 26 heavy (non-hydrogen) atoms. The molecule has 0 spiro atoms. The molecule has 2 aromatic heterocycles. The summed E-state index contributed by atoms with van der Waals surface area (Å²) in [6.45, 7) is 2.15. The number of furan rings is 1. The zero-order valence-corrected chi connectivity index (χ0v) is 15.4. The standard InChI is InChI=1S/C20H21N3O2S/c1-2-3-4-7-13-8-5-10-15(23-20(21)26)17(13)18(24)16-12-14-9-6-11-22-19(14)25-16/h5-6,8-12H,2-4,7H2,1H3,(H3,21,23,26). The highest BCUT2D eigenvalue weighted by atomic mass is 32.1. The van der Waals surface area contributed by atoms with Crippen molar-refractivity contribution in [1.29, 1.82) is 0 Å². The topological polar surface area (TPSA) is 81.1 Å². The molecule has 3 aromatic rings. The van der Waals surface area contributed by atoms with Gasteiger partial charge in [-0.2, -0.15) is 0 Å². The number of ketones is 1. The highest BCUT2D eigenvalue weighted by molar-refractivity contribution is 7.80. The van der Waals surface area contributed by atoms with Crippen LogP contribution in [0.1, 0.15) is 47.9 Å². The lowest BCUT2D eigenvalue weighted by molar-refractivity contribution is 0.101. The zero-order chi connectivity index (χ0) is 18.5. The molecule has 3 rings (SSSR count). The molecule has 0 aliphatic rings. The van der Waals surface area contributed by atoms with E-state index in [2.05, 4.69) is 17.2 Å². The first-order valence-corrected chi connectivity index (χ1v) is 9.08. The molecule has 1 aromatic carbocycles. The Morgan fingerprint density at radius 2 is 2.12 bits per heavy atom. The minimum atomic E-state index is -0.200. The van der Waals surface area contributed by atoms with E-state index in [1.807, 2.05) is 24.3 Å². The van der Waals surface area contributed by atoms with E-state index >= 15 is 0 Å². The first kappa shape index (κ1) is 18.1. The molecule has 3 N–H and O–H groups in total. The highest BCUT2D eigenvalue weighted by Gasteiger charge is 2.22. The van der Waals surface area contributed by atoms with Gasteiger partial charge in [0.25, 0.3) is 0 Å². The van der Waals surface area contributed by atoms with Crippen LogP contribution in [0, 0.1) is 0 Å². The lowest BCUT2D eigenvalue weighted by Crippen LogP contribution is -2.21. The predicted octanol–water partition coefficient (Wildman–Crippen LogP) is 4.45. The van der Waals surface area contributed by atoms with E-state index in [1.165, 1.54) is 0 Å². The van der Waals surface area contributed by atoms with Gasteiger partial charge in [0.2, 0.25) is 11.5 Å². The van der Waals surface area contributed by atoms with Crippen LogP contribution in [0.5, 0.6) is 0 Å². The minimum absolute atomic E-state index is 0.121. The van der Waals surface area contributed by atoms with Gasteiger partial charge >= 0.3 is 0 Å². The Labute approximate surface area is 157 Å². The maximum absolute atomic E-state index is 13.2. The number of nitrogens with zero attached hydrogens (tertiary/aromatic N) is 1. The third kappa shape index (κ3) is 3.91. The molecule has 0 saturated carbocycles. The highest BCUT2D eigenvalue weighted by Crippen LogP contribution is 2.27. The van der Waals surface area contributed by atoms with Crippen LogP contribution in [-0.2, 0) is 6.42 Å². The van der Waals surface area contributed by atoms with Crippen LogP contribution >= 0.6 is 12.2 Å². The summed E-state index contributed by atoms with van der Waals surface area (Å²) in [4.78, 5) is 17.4. The average Bonchev–Trinajstić information content (AvgIpc) is 3.05. The van der Waals surface area contributed by atoms with Crippen molar-refractivity contribution in [3.05, 3.63) is 59.5 Å². The third-order valence-electron chi connectivity index (χ3n) is 4.20. The van der Waals surface area contributed by atoms with E-state index in [1.54, 1.807) is 18.3 Å². The molecule has 0 amide bonds. The van der Waals surface area contributed by atoms with Gasteiger partial charge in [-0.1, -0.05) is 31.9 Å². The van der Waals surface area contributed by atoms with Gasteiger partial charge in [-0.3, -0.25) is 4.79 Å². The molecule has 134 valence electrons. The Kier molecular flexibility index (Phi) is 5.63. The van der Waals surface area contributed by atoms with E-state index in [9.17, 15) is 4.79 Å². The normalized spacial score (nSPS) is 10.8. The lowest BCUT2D eigenvalue weighted by Gasteiger charge is -2.14. The quantitative estimate of drug-likeness (QED) is 0.365. The molecule has 5 nitrogen and oxygen atoms in total. The second kappa shape index (κ2) is 8.10. The number of aryl methyl sites for hydroxylation is 1. The van der Waals surface area contributed by atoms with Gasteiger partial charge in [0, 0.05) is 11.6 Å². The summed E-state index contributed by atoms with van der Waals surface area (Å²) in [6, 6.07) is 11.1.